The lowest BCUT2D eigenvalue weighted by Crippen LogP contribution is -2.10. The van der Waals surface area contributed by atoms with E-state index in [9.17, 15) is 0 Å². The van der Waals surface area contributed by atoms with Crippen molar-refractivity contribution in [3.8, 4) is 16.9 Å². The van der Waals surface area contributed by atoms with Gasteiger partial charge in [0, 0.05) is 5.56 Å². The number of hydrogen-bond acceptors (Lipinski definition) is 2. The highest BCUT2D eigenvalue weighted by atomic mass is 16.5. The maximum Gasteiger partial charge on any atom is 0.122 e. The summed E-state index contributed by atoms with van der Waals surface area (Å²) in [5, 5.41) is 7.40. The number of ether oxygens (including phenoxy) is 1. The Kier molecular flexibility index (Phi) is 4.99. The molecule has 3 nitrogen and oxygen atoms in total. The lowest BCUT2D eigenvalue weighted by molar-refractivity contribution is 0.256. The van der Waals surface area contributed by atoms with Gasteiger partial charge in [0.1, 0.15) is 11.6 Å². The summed E-state index contributed by atoms with van der Waals surface area (Å²) in [5.41, 5.74) is 8.43. The van der Waals surface area contributed by atoms with E-state index in [4.69, 9.17) is 15.9 Å². The van der Waals surface area contributed by atoms with Gasteiger partial charge in [0.2, 0.25) is 0 Å². The van der Waals surface area contributed by atoms with Crippen LogP contribution in [0.3, 0.4) is 0 Å². The zero-order valence-corrected chi connectivity index (χ0v) is 12.6. The van der Waals surface area contributed by atoms with Crippen LogP contribution < -0.4 is 10.5 Å². The zero-order valence-electron chi connectivity index (χ0n) is 12.6. The molecule has 0 aliphatic heterocycles. The monoisotopic (exact) mass is 282 g/mol. The normalized spacial score (nSPS) is 11.9. The fourth-order valence-electron chi connectivity index (χ4n) is 1.94. The summed E-state index contributed by atoms with van der Waals surface area (Å²) in [6.45, 7) is 5.11. The second-order valence-electron chi connectivity index (χ2n) is 5.34. The highest BCUT2D eigenvalue weighted by Crippen LogP contribution is 2.23. The third-order valence-corrected chi connectivity index (χ3v) is 3.61. The summed E-state index contributed by atoms with van der Waals surface area (Å²) in [5.74, 6) is 1.57. The van der Waals surface area contributed by atoms with Crippen LogP contribution in [0.5, 0.6) is 5.75 Å². The van der Waals surface area contributed by atoms with E-state index >= 15 is 0 Å². The van der Waals surface area contributed by atoms with Gasteiger partial charge in [-0.3, -0.25) is 5.41 Å². The molecule has 3 heteroatoms. The maximum atomic E-state index is 7.40. The minimum absolute atomic E-state index is 0.0929. The molecule has 0 amide bonds. The van der Waals surface area contributed by atoms with Crippen LogP contribution in [0.2, 0.25) is 0 Å². The molecule has 0 aliphatic rings. The van der Waals surface area contributed by atoms with Gasteiger partial charge in [-0.2, -0.15) is 0 Å². The first-order chi connectivity index (χ1) is 10.1. The Morgan fingerprint density at radius 3 is 2.05 bits per heavy atom. The molecule has 2 rings (SSSR count). The Labute approximate surface area is 126 Å². The van der Waals surface area contributed by atoms with Gasteiger partial charge in [0.05, 0.1) is 6.61 Å². The molecule has 0 bridgehead atoms. The number of nitrogen functional groups attached to an aromatic ring is 1. The second-order valence-corrected chi connectivity index (χ2v) is 5.34. The molecule has 0 saturated carbocycles. The van der Waals surface area contributed by atoms with E-state index in [1.807, 2.05) is 36.4 Å². The van der Waals surface area contributed by atoms with E-state index in [1.165, 1.54) is 0 Å². The smallest absolute Gasteiger partial charge is 0.122 e. The maximum absolute atomic E-state index is 7.40. The summed E-state index contributed by atoms with van der Waals surface area (Å²) in [4.78, 5) is 0. The average molecular weight is 282 g/mol. The predicted octanol–water partition coefficient (Wildman–Crippen LogP) is 4.06. The number of hydrogen-bond donors (Lipinski definition) is 2. The number of nitrogens with one attached hydrogen (secondary N) is 1. The van der Waals surface area contributed by atoms with E-state index < -0.39 is 0 Å². The number of benzene rings is 2. The lowest BCUT2D eigenvalue weighted by Gasteiger charge is -2.11. The van der Waals surface area contributed by atoms with Crippen molar-refractivity contribution in [2.75, 3.05) is 6.61 Å². The summed E-state index contributed by atoms with van der Waals surface area (Å²) in [6, 6.07) is 15.8. The van der Waals surface area contributed by atoms with Crippen LogP contribution >= 0.6 is 0 Å². The zero-order chi connectivity index (χ0) is 15.2. The van der Waals surface area contributed by atoms with Crippen molar-refractivity contribution in [1.82, 2.24) is 0 Å². The van der Waals surface area contributed by atoms with Gasteiger partial charge in [-0.25, -0.2) is 0 Å². The van der Waals surface area contributed by atoms with Crippen molar-refractivity contribution in [1.29, 1.82) is 5.41 Å². The van der Waals surface area contributed by atoms with Gasteiger partial charge >= 0.3 is 0 Å². The standard InChI is InChI=1S/C18H22N2O/c1-3-13(2)12-21-17-10-8-15(9-11-17)14-4-6-16(7-5-14)18(19)20/h4-11,13H,3,12H2,1-2H3,(H3,19,20). The van der Waals surface area contributed by atoms with E-state index in [2.05, 4.69) is 26.0 Å². The molecule has 0 aliphatic carbocycles. The van der Waals surface area contributed by atoms with Gasteiger partial charge in [-0.05, 0) is 29.2 Å². The molecule has 0 fully saturated rings. The SMILES string of the molecule is CCC(C)COc1ccc(-c2ccc(C(=N)N)cc2)cc1. The van der Waals surface area contributed by atoms with Crippen molar-refractivity contribution in [3.63, 3.8) is 0 Å². The summed E-state index contributed by atoms with van der Waals surface area (Å²) in [7, 11) is 0. The quantitative estimate of drug-likeness (QED) is 0.620. The number of rotatable bonds is 6. The van der Waals surface area contributed by atoms with E-state index in [0.717, 1.165) is 35.5 Å². The molecule has 3 N–H and O–H groups in total. The first kappa shape index (κ1) is 15.1. The van der Waals surface area contributed by atoms with Gasteiger partial charge < -0.3 is 10.5 Å². The van der Waals surface area contributed by atoms with E-state index in [0.29, 0.717) is 5.92 Å². The fraction of sp³-hybridized carbons (Fsp3) is 0.278. The number of nitrogens with two attached hydrogens (primary N) is 1. The Balaban J connectivity index is 2.06. The molecule has 0 spiro atoms. The predicted molar refractivity (Wildman–Crippen MR) is 87.8 cm³/mol. The van der Waals surface area contributed by atoms with Crippen LogP contribution in [0.4, 0.5) is 0 Å². The first-order valence-corrected chi connectivity index (χ1v) is 7.28. The highest BCUT2D eigenvalue weighted by molar-refractivity contribution is 5.95. The van der Waals surface area contributed by atoms with E-state index in [-0.39, 0.29) is 5.84 Å². The summed E-state index contributed by atoms with van der Waals surface area (Å²) >= 11 is 0. The van der Waals surface area contributed by atoms with Crippen molar-refractivity contribution in [3.05, 3.63) is 54.1 Å². The summed E-state index contributed by atoms with van der Waals surface area (Å²) < 4.78 is 5.76. The van der Waals surface area contributed by atoms with Crippen molar-refractivity contribution in [2.45, 2.75) is 20.3 Å². The number of amidine groups is 1. The highest BCUT2D eigenvalue weighted by Gasteiger charge is 2.02. The fourth-order valence-corrected chi connectivity index (χ4v) is 1.94. The van der Waals surface area contributed by atoms with Gasteiger partial charge in [-0.15, -0.1) is 0 Å². The van der Waals surface area contributed by atoms with E-state index in [1.54, 1.807) is 0 Å². The molecule has 0 aromatic heterocycles. The molecular weight excluding hydrogens is 260 g/mol. The topological polar surface area (TPSA) is 59.1 Å². The largest absolute Gasteiger partial charge is 0.493 e. The van der Waals surface area contributed by atoms with Crippen LogP contribution in [-0.4, -0.2) is 12.4 Å². The minimum Gasteiger partial charge on any atom is -0.493 e. The van der Waals surface area contributed by atoms with Crippen LogP contribution in [0, 0.1) is 11.3 Å². The Hall–Kier alpha value is -2.29. The Bertz CT molecular complexity index is 588. The Morgan fingerprint density at radius 2 is 1.57 bits per heavy atom. The van der Waals surface area contributed by atoms with Crippen molar-refractivity contribution >= 4 is 5.84 Å². The van der Waals surface area contributed by atoms with Gasteiger partial charge in [0.25, 0.3) is 0 Å². The summed E-state index contributed by atoms with van der Waals surface area (Å²) in [6.07, 6.45) is 1.13. The van der Waals surface area contributed by atoms with Crippen LogP contribution in [0.25, 0.3) is 11.1 Å². The third-order valence-electron chi connectivity index (χ3n) is 3.61. The second kappa shape index (κ2) is 6.93. The lowest BCUT2D eigenvalue weighted by atomic mass is 10.0. The van der Waals surface area contributed by atoms with Gasteiger partial charge in [0.15, 0.2) is 0 Å². The molecule has 110 valence electrons. The molecule has 0 saturated heterocycles. The Morgan fingerprint density at radius 1 is 1.05 bits per heavy atom. The van der Waals surface area contributed by atoms with Gasteiger partial charge in [-0.1, -0.05) is 56.7 Å². The molecule has 0 radical (unpaired) electrons. The molecule has 1 unspecified atom stereocenters. The van der Waals surface area contributed by atoms with Crippen molar-refractivity contribution < 1.29 is 4.74 Å². The average Bonchev–Trinajstić information content (AvgIpc) is 2.53. The molecule has 2 aromatic rings. The molecule has 1 atom stereocenters. The van der Waals surface area contributed by atoms with Crippen molar-refractivity contribution in [2.24, 2.45) is 11.7 Å². The third kappa shape index (κ3) is 4.09. The van der Waals surface area contributed by atoms with Crippen LogP contribution in [-0.2, 0) is 0 Å². The molecule has 2 aromatic carbocycles. The first-order valence-electron chi connectivity index (χ1n) is 7.28. The molecule has 0 heterocycles. The van der Waals surface area contributed by atoms with Crippen LogP contribution in [0.1, 0.15) is 25.8 Å². The van der Waals surface area contributed by atoms with Crippen LogP contribution in [0.15, 0.2) is 48.5 Å². The molecule has 21 heavy (non-hydrogen) atoms. The molecular formula is C18H22N2O. The minimum atomic E-state index is 0.0929.